The predicted molar refractivity (Wildman–Crippen MR) is 176 cm³/mol. The van der Waals surface area contributed by atoms with Gasteiger partial charge in [0.05, 0.1) is 30.5 Å². The molecule has 0 fully saturated rings. The van der Waals surface area contributed by atoms with Gasteiger partial charge in [-0.15, -0.1) is 13.2 Å². The van der Waals surface area contributed by atoms with Gasteiger partial charge in [-0.1, -0.05) is 97.1 Å². The first-order valence-electron chi connectivity index (χ1n) is 15.7. The van der Waals surface area contributed by atoms with E-state index in [0.29, 0.717) is 38.6 Å². The summed E-state index contributed by atoms with van der Waals surface area (Å²) in [6, 6.07) is 26.2. The van der Waals surface area contributed by atoms with E-state index in [1.807, 2.05) is 84.9 Å². The number of allylic oxidation sites excluding steroid dienone is 2. The molecule has 0 spiro atoms. The van der Waals surface area contributed by atoms with Crippen LogP contribution in [0.25, 0.3) is 0 Å². The first-order valence-corrected chi connectivity index (χ1v) is 15.7. The van der Waals surface area contributed by atoms with Gasteiger partial charge in [0.2, 0.25) is 11.8 Å². The molecule has 3 aromatic carbocycles. The van der Waals surface area contributed by atoms with Crippen molar-refractivity contribution in [2.24, 2.45) is 11.8 Å². The van der Waals surface area contributed by atoms with Crippen molar-refractivity contribution >= 4 is 17.8 Å². The van der Waals surface area contributed by atoms with Crippen LogP contribution < -0.4 is 5.32 Å². The first kappa shape index (κ1) is 33.4. The van der Waals surface area contributed by atoms with Crippen molar-refractivity contribution in [3.05, 3.63) is 132 Å². The van der Waals surface area contributed by atoms with Crippen molar-refractivity contribution in [2.45, 2.75) is 57.2 Å². The topological polar surface area (TPSA) is 95.9 Å². The highest BCUT2D eigenvalue weighted by molar-refractivity contribution is 5.86. The monoisotopic (exact) mass is 608 g/mol. The number of hydrogen-bond acceptors (Lipinski definition) is 5. The van der Waals surface area contributed by atoms with Crippen LogP contribution in [0.1, 0.15) is 54.0 Å². The minimum absolute atomic E-state index is 0.0292. The van der Waals surface area contributed by atoms with Gasteiger partial charge in [0.15, 0.2) is 0 Å². The molecule has 4 unspecified atom stereocenters. The van der Waals surface area contributed by atoms with Gasteiger partial charge in [-0.3, -0.25) is 14.4 Å². The van der Waals surface area contributed by atoms with E-state index in [1.165, 1.54) is 0 Å². The van der Waals surface area contributed by atoms with Crippen LogP contribution in [0.5, 0.6) is 0 Å². The molecule has 236 valence electrons. The molecule has 0 saturated heterocycles. The number of amides is 2. The molecule has 7 nitrogen and oxygen atoms in total. The van der Waals surface area contributed by atoms with Gasteiger partial charge in [-0.05, 0) is 54.4 Å². The van der Waals surface area contributed by atoms with Crippen LogP contribution in [0, 0.1) is 11.8 Å². The van der Waals surface area contributed by atoms with E-state index >= 15 is 0 Å². The first-order chi connectivity index (χ1) is 21.9. The Morgan fingerprint density at radius 3 is 2.24 bits per heavy atom. The molecule has 2 amide bonds. The maximum absolute atomic E-state index is 13.7. The number of nitrogens with zero attached hydrogens (tertiary/aromatic N) is 1. The third-order valence-corrected chi connectivity index (χ3v) is 8.42. The Hall–Kier alpha value is -4.49. The summed E-state index contributed by atoms with van der Waals surface area (Å²) in [4.78, 5) is 42.3. The molecule has 0 saturated carbocycles. The van der Waals surface area contributed by atoms with E-state index in [2.05, 4.69) is 18.5 Å². The number of ether oxygens (including phenoxy) is 1. The Morgan fingerprint density at radius 2 is 1.58 bits per heavy atom. The number of fused-ring (bicyclic) bond motifs is 1. The van der Waals surface area contributed by atoms with Crippen LogP contribution in [0.3, 0.4) is 0 Å². The van der Waals surface area contributed by atoms with Gasteiger partial charge < -0.3 is 20.1 Å². The van der Waals surface area contributed by atoms with Gasteiger partial charge in [-0.25, -0.2) is 0 Å². The molecule has 0 aromatic heterocycles. The number of aliphatic hydroxyl groups excluding tert-OH is 1. The molecule has 7 heteroatoms. The normalized spacial score (nSPS) is 16.0. The molecule has 0 bridgehead atoms. The molecule has 0 aliphatic carbocycles. The Kier molecular flexibility index (Phi) is 12.7. The maximum atomic E-state index is 13.7. The summed E-state index contributed by atoms with van der Waals surface area (Å²) in [5.74, 6) is -1.86. The standard InChI is InChI=1S/C38H44N2O5/c1-3-5-17-32(22-28-15-8-6-9-16-28)38(44)45-27-35(29-18-10-7-11-19-29)39-37(43)31(14-4-2)24-36(42)40-25-33-21-13-12-20-30(33)23-34(40)26-41/h3-4,6-13,15-16,18-21,31-32,34-35,41H,1-2,5,14,17,22-27H2,(H,39,43). The minimum atomic E-state index is -0.674. The van der Waals surface area contributed by atoms with E-state index in [9.17, 15) is 19.5 Å². The number of benzene rings is 3. The lowest BCUT2D eigenvalue weighted by atomic mass is 9.92. The van der Waals surface area contributed by atoms with Gasteiger partial charge in [0.1, 0.15) is 6.61 Å². The maximum Gasteiger partial charge on any atom is 0.309 e. The van der Waals surface area contributed by atoms with Gasteiger partial charge in [0.25, 0.3) is 0 Å². The number of rotatable bonds is 16. The molecule has 1 heterocycles. The second-order valence-corrected chi connectivity index (χ2v) is 11.6. The van der Waals surface area contributed by atoms with Crippen LogP contribution in [0.4, 0.5) is 0 Å². The van der Waals surface area contributed by atoms with Crippen LogP contribution in [-0.2, 0) is 38.5 Å². The largest absolute Gasteiger partial charge is 0.463 e. The summed E-state index contributed by atoms with van der Waals surface area (Å²) in [5, 5.41) is 13.1. The van der Waals surface area contributed by atoms with Gasteiger partial charge in [0, 0.05) is 13.0 Å². The number of carbonyl (C=O) groups excluding carboxylic acids is 3. The molecule has 4 atom stereocenters. The molecule has 1 aliphatic rings. The summed E-state index contributed by atoms with van der Waals surface area (Å²) in [7, 11) is 0. The molecule has 45 heavy (non-hydrogen) atoms. The van der Waals surface area contributed by atoms with Crippen LogP contribution >= 0.6 is 0 Å². The number of carbonyl (C=O) groups is 3. The Morgan fingerprint density at radius 1 is 0.911 bits per heavy atom. The van der Waals surface area contributed by atoms with E-state index in [4.69, 9.17) is 4.74 Å². The fourth-order valence-electron chi connectivity index (χ4n) is 5.86. The summed E-state index contributed by atoms with van der Waals surface area (Å²) in [5.41, 5.74) is 4.01. The fraction of sp³-hybridized carbons (Fsp3) is 0.342. The van der Waals surface area contributed by atoms with Crippen molar-refractivity contribution < 1.29 is 24.2 Å². The van der Waals surface area contributed by atoms with Gasteiger partial charge >= 0.3 is 5.97 Å². The highest BCUT2D eigenvalue weighted by Crippen LogP contribution is 2.26. The average Bonchev–Trinajstić information content (AvgIpc) is 3.08. The second-order valence-electron chi connectivity index (χ2n) is 11.6. The number of aliphatic hydroxyl groups is 1. The van der Waals surface area contributed by atoms with Crippen LogP contribution in [-0.4, -0.2) is 47.0 Å². The van der Waals surface area contributed by atoms with E-state index in [-0.39, 0.29) is 49.4 Å². The van der Waals surface area contributed by atoms with Crippen molar-refractivity contribution in [1.29, 1.82) is 0 Å². The summed E-state index contributed by atoms with van der Waals surface area (Å²) >= 11 is 0. The van der Waals surface area contributed by atoms with E-state index < -0.39 is 12.0 Å². The molecule has 3 aromatic rings. The smallest absolute Gasteiger partial charge is 0.309 e. The van der Waals surface area contributed by atoms with Gasteiger partial charge in [-0.2, -0.15) is 0 Å². The molecular weight excluding hydrogens is 564 g/mol. The zero-order chi connectivity index (χ0) is 32.0. The Balaban J connectivity index is 1.45. The summed E-state index contributed by atoms with van der Waals surface area (Å²) in [6.07, 6.45) is 6.11. The van der Waals surface area contributed by atoms with Crippen molar-refractivity contribution in [2.75, 3.05) is 13.2 Å². The highest BCUT2D eigenvalue weighted by Gasteiger charge is 2.33. The van der Waals surface area contributed by atoms with E-state index in [0.717, 1.165) is 22.3 Å². The van der Waals surface area contributed by atoms with E-state index in [1.54, 1.807) is 17.1 Å². The fourth-order valence-corrected chi connectivity index (χ4v) is 5.86. The quantitative estimate of drug-likeness (QED) is 0.160. The molecule has 2 N–H and O–H groups in total. The van der Waals surface area contributed by atoms with Crippen LogP contribution in [0.2, 0.25) is 0 Å². The number of nitrogens with one attached hydrogen (secondary N) is 1. The molecule has 0 radical (unpaired) electrons. The Bertz CT molecular complexity index is 1420. The lowest BCUT2D eigenvalue weighted by Gasteiger charge is -2.36. The number of hydrogen-bond donors (Lipinski definition) is 2. The SMILES string of the molecule is C=CCCC(Cc1ccccc1)C(=O)OCC(NC(=O)C(CC=C)CC(=O)N1Cc2ccccc2CC1CO)c1ccccc1. The number of esters is 1. The predicted octanol–water partition coefficient (Wildman–Crippen LogP) is 5.74. The average molecular weight is 609 g/mol. The Labute approximate surface area is 266 Å². The molecule has 4 rings (SSSR count). The molecular formula is C38H44N2O5. The third-order valence-electron chi connectivity index (χ3n) is 8.42. The summed E-state index contributed by atoms with van der Waals surface area (Å²) < 4.78 is 5.86. The second kappa shape index (κ2) is 17.1. The lowest BCUT2D eigenvalue weighted by Crippen LogP contribution is -2.47. The highest BCUT2D eigenvalue weighted by atomic mass is 16.5. The van der Waals surface area contributed by atoms with Crippen LogP contribution in [0.15, 0.2) is 110 Å². The van der Waals surface area contributed by atoms with Crippen molar-refractivity contribution in [3.8, 4) is 0 Å². The van der Waals surface area contributed by atoms with Crippen molar-refractivity contribution in [1.82, 2.24) is 10.2 Å². The third kappa shape index (κ3) is 9.50. The zero-order valence-electron chi connectivity index (χ0n) is 25.9. The molecule has 1 aliphatic heterocycles. The zero-order valence-corrected chi connectivity index (χ0v) is 25.9. The van der Waals surface area contributed by atoms with Crippen molar-refractivity contribution in [3.63, 3.8) is 0 Å². The summed E-state index contributed by atoms with van der Waals surface area (Å²) in [6.45, 7) is 7.81. The minimum Gasteiger partial charge on any atom is -0.463 e. The lowest BCUT2D eigenvalue weighted by molar-refractivity contribution is -0.150.